The number of anilines is 2. The number of fused-ring (bicyclic) bond motifs is 1. The third-order valence-electron chi connectivity index (χ3n) is 3.13. The summed E-state index contributed by atoms with van der Waals surface area (Å²) >= 11 is 6.03. The number of aromatic nitrogens is 2. The average Bonchev–Trinajstić information content (AvgIpc) is 2.48. The fraction of sp³-hybridized carbons (Fsp3) is 0.0625. The van der Waals surface area contributed by atoms with Crippen molar-refractivity contribution in [1.82, 2.24) is 9.97 Å². The molecule has 5 heteroatoms. The van der Waals surface area contributed by atoms with E-state index >= 15 is 0 Å². The van der Waals surface area contributed by atoms with Gasteiger partial charge in [0.1, 0.15) is 12.1 Å². The van der Waals surface area contributed by atoms with Crippen molar-refractivity contribution < 1.29 is 4.79 Å². The molecule has 0 amide bonds. The van der Waals surface area contributed by atoms with Crippen molar-refractivity contribution in [2.24, 2.45) is 0 Å². The minimum absolute atomic E-state index is 0.0224. The molecule has 104 valence electrons. The standard InChI is InChI=1S/C16H12ClN3O/c1-10(21)11-3-2-4-13(7-11)20-16-14-8-12(17)5-6-15(14)18-9-19-16/h2-9H,1H3,(H,18,19,20). The fourth-order valence-electron chi connectivity index (χ4n) is 2.08. The van der Waals surface area contributed by atoms with E-state index in [0.29, 0.717) is 16.4 Å². The predicted molar refractivity (Wildman–Crippen MR) is 84.3 cm³/mol. The van der Waals surface area contributed by atoms with Gasteiger partial charge in [-0.05, 0) is 37.3 Å². The lowest BCUT2D eigenvalue weighted by molar-refractivity contribution is 0.101. The quantitative estimate of drug-likeness (QED) is 0.735. The van der Waals surface area contributed by atoms with Crippen molar-refractivity contribution in [3.05, 3.63) is 59.4 Å². The second kappa shape index (κ2) is 5.50. The molecular weight excluding hydrogens is 286 g/mol. The smallest absolute Gasteiger partial charge is 0.159 e. The highest BCUT2D eigenvalue weighted by Gasteiger charge is 2.06. The number of carbonyl (C=O) groups excluding carboxylic acids is 1. The molecule has 0 saturated heterocycles. The van der Waals surface area contributed by atoms with Crippen LogP contribution in [0.1, 0.15) is 17.3 Å². The molecule has 0 radical (unpaired) electrons. The average molecular weight is 298 g/mol. The van der Waals surface area contributed by atoms with E-state index in [1.54, 1.807) is 25.1 Å². The predicted octanol–water partition coefficient (Wildman–Crippen LogP) is 4.23. The van der Waals surface area contributed by atoms with Crippen LogP contribution in [0, 0.1) is 0 Å². The van der Waals surface area contributed by atoms with Gasteiger partial charge in [-0.15, -0.1) is 0 Å². The van der Waals surface area contributed by atoms with Gasteiger partial charge in [-0.1, -0.05) is 23.7 Å². The van der Waals surface area contributed by atoms with E-state index in [1.165, 1.54) is 6.33 Å². The number of benzene rings is 2. The van der Waals surface area contributed by atoms with E-state index in [2.05, 4.69) is 15.3 Å². The van der Waals surface area contributed by atoms with E-state index in [9.17, 15) is 4.79 Å². The van der Waals surface area contributed by atoms with Gasteiger partial charge in [-0.3, -0.25) is 4.79 Å². The van der Waals surface area contributed by atoms with Crippen LogP contribution in [0.4, 0.5) is 11.5 Å². The zero-order valence-electron chi connectivity index (χ0n) is 11.3. The third-order valence-corrected chi connectivity index (χ3v) is 3.36. The molecule has 0 saturated carbocycles. The van der Waals surface area contributed by atoms with Crippen LogP contribution in [0.15, 0.2) is 48.8 Å². The molecule has 4 nitrogen and oxygen atoms in total. The van der Waals surface area contributed by atoms with Crippen LogP contribution in [-0.4, -0.2) is 15.8 Å². The molecule has 0 bridgehead atoms. The van der Waals surface area contributed by atoms with E-state index in [1.807, 2.05) is 24.3 Å². The highest BCUT2D eigenvalue weighted by molar-refractivity contribution is 6.31. The van der Waals surface area contributed by atoms with Crippen LogP contribution < -0.4 is 5.32 Å². The summed E-state index contributed by atoms with van der Waals surface area (Å²) in [6, 6.07) is 12.7. The first-order valence-corrected chi connectivity index (χ1v) is 6.79. The molecule has 1 aromatic heterocycles. The second-order valence-electron chi connectivity index (χ2n) is 4.65. The highest BCUT2D eigenvalue weighted by atomic mass is 35.5. The Kier molecular flexibility index (Phi) is 3.54. The van der Waals surface area contributed by atoms with Gasteiger partial charge in [0.25, 0.3) is 0 Å². The molecule has 2 aromatic carbocycles. The van der Waals surface area contributed by atoms with Crippen LogP contribution in [0.3, 0.4) is 0 Å². The zero-order valence-corrected chi connectivity index (χ0v) is 12.1. The third kappa shape index (κ3) is 2.85. The summed E-state index contributed by atoms with van der Waals surface area (Å²) in [4.78, 5) is 19.9. The molecule has 0 aliphatic carbocycles. The Morgan fingerprint density at radius 1 is 1.14 bits per heavy atom. The molecule has 0 spiro atoms. The minimum Gasteiger partial charge on any atom is -0.340 e. The van der Waals surface area contributed by atoms with E-state index < -0.39 is 0 Å². The van der Waals surface area contributed by atoms with Crippen molar-refractivity contribution in [3.8, 4) is 0 Å². The van der Waals surface area contributed by atoms with Crippen molar-refractivity contribution in [2.45, 2.75) is 6.92 Å². The second-order valence-corrected chi connectivity index (χ2v) is 5.08. The number of rotatable bonds is 3. The van der Waals surface area contributed by atoms with Crippen LogP contribution in [0.2, 0.25) is 5.02 Å². The molecule has 21 heavy (non-hydrogen) atoms. The Labute approximate surface area is 126 Å². The fourth-order valence-corrected chi connectivity index (χ4v) is 2.25. The van der Waals surface area contributed by atoms with Crippen LogP contribution in [0.25, 0.3) is 10.9 Å². The van der Waals surface area contributed by atoms with Gasteiger partial charge in [0.05, 0.1) is 5.52 Å². The summed E-state index contributed by atoms with van der Waals surface area (Å²) in [6.45, 7) is 1.54. The lowest BCUT2D eigenvalue weighted by atomic mass is 10.1. The van der Waals surface area contributed by atoms with Gasteiger partial charge < -0.3 is 5.32 Å². The summed E-state index contributed by atoms with van der Waals surface area (Å²) < 4.78 is 0. The number of hydrogen-bond acceptors (Lipinski definition) is 4. The number of Topliss-reactive ketones (excluding diaryl/α,β-unsaturated/α-hetero) is 1. The van der Waals surface area contributed by atoms with Crippen molar-refractivity contribution in [1.29, 1.82) is 0 Å². The van der Waals surface area contributed by atoms with Gasteiger partial charge in [0.2, 0.25) is 0 Å². The zero-order chi connectivity index (χ0) is 14.8. The summed E-state index contributed by atoms with van der Waals surface area (Å²) in [5.41, 5.74) is 2.25. The monoisotopic (exact) mass is 297 g/mol. The molecule has 0 fully saturated rings. The Bertz CT molecular complexity index is 833. The molecular formula is C16H12ClN3O. The van der Waals surface area contributed by atoms with Gasteiger partial charge in [-0.25, -0.2) is 9.97 Å². The van der Waals surface area contributed by atoms with Crippen LogP contribution >= 0.6 is 11.6 Å². The largest absolute Gasteiger partial charge is 0.340 e. The Balaban J connectivity index is 2.04. The SMILES string of the molecule is CC(=O)c1cccc(Nc2ncnc3ccc(Cl)cc23)c1. The molecule has 3 rings (SSSR count). The molecule has 1 N–H and O–H groups in total. The van der Waals surface area contributed by atoms with E-state index in [4.69, 9.17) is 11.6 Å². The van der Waals surface area contributed by atoms with E-state index in [-0.39, 0.29) is 5.78 Å². The van der Waals surface area contributed by atoms with Crippen LogP contribution in [-0.2, 0) is 0 Å². The maximum atomic E-state index is 11.4. The molecule has 0 aliphatic heterocycles. The molecule has 0 atom stereocenters. The summed E-state index contributed by atoms with van der Waals surface area (Å²) in [7, 11) is 0. The number of hydrogen-bond donors (Lipinski definition) is 1. The number of nitrogens with one attached hydrogen (secondary N) is 1. The number of halogens is 1. The number of carbonyl (C=O) groups is 1. The molecule has 1 heterocycles. The minimum atomic E-state index is 0.0224. The van der Waals surface area contributed by atoms with Crippen LogP contribution in [0.5, 0.6) is 0 Å². The van der Waals surface area contributed by atoms with Crippen molar-refractivity contribution in [2.75, 3.05) is 5.32 Å². The normalized spacial score (nSPS) is 10.6. The van der Waals surface area contributed by atoms with Gasteiger partial charge in [0.15, 0.2) is 5.78 Å². The highest BCUT2D eigenvalue weighted by Crippen LogP contribution is 2.26. The maximum Gasteiger partial charge on any atom is 0.159 e. The first kappa shape index (κ1) is 13.5. The lowest BCUT2D eigenvalue weighted by Crippen LogP contribution is -1.98. The lowest BCUT2D eigenvalue weighted by Gasteiger charge is -2.09. The van der Waals surface area contributed by atoms with Crippen molar-refractivity contribution in [3.63, 3.8) is 0 Å². The molecule has 0 unspecified atom stereocenters. The number of nitrogens with zero attached hydrogens (tertiary/aromatic N) is 2. The van der Waals surface area contributed by atoms with Gasteiger partial charge in [0, 0.05) is 21.7 Å². The summed E-state index contributed by atoms with van der Waals surface area (Å²) in [5, 5.41) is 4.66. The first-order chi connectivity index (χ1) is 10.1. The Morgan fingerprint density at radius 3 is 2.81 bits per heavy atom. The maximum absolute atomic E-state index is 11.4. The van der Waals surface area contributed by atoms with Gasteiger partial charge in [-0.2, -0.15) is 0 Å². The molecule has 3 aromatic rings. The summed E-state index contributed by atoms with van der Waals surface area (Å²) in [5.74, 6) is 0.678. The molecule has 0 aliphatic rings. The number of ketones is 1. The Hall–Kier alpha value is -2.46. The Morgan fingerprint density at radius 2 is 2.00 bits per heavy atom. The summed E-state index contributed by atoms with van der Waals surface area (Å²) in [6.07, 6.45) is 1.49. The van der Waals surface area contributed by atoms with Gasteiger partial charge >= 0.3 is 0 Å². The van der Waals surface area contributed by atoms with Crippen molar-refractivity contribution >= 4 is 39.8 Å². The first-order valence-electron chi connectivity index (χ1n) is 6.42. The van der Waals surface area contributed by atoms with E-state index in [0.717, 1.165) is 16.6 Å². The topological polar surface area (TPSA) is 54.9 Å².